The summed E-state index contributed by atoms with van der Waals surface area (Å²) in [4.78, 5) is 25.3. The number of ether oxygens (including phenoxy) is 2. The van der Waals surface area contributed by atoms with Crippen LogP contribution in [0.3, 0.4) is 0 Å². The minimum Gasteiger partial charge on any atom is -0.486 e. The monoisotopic (exact) mass is 412 g/mol. The maximum atomic E-state index is 12.4. The summed E-state index contributed by atoms with van der Waals surface area (Å²) < 4.78 is 11.3. The average Bonchev–Trinajstić information content (AvgIpc) is 2.71. The van der Waals surface area contributed by atoms with Gasteiger partial charge in [0, 0.05) is 26.2 Å². The lowest BCUT2D eigenvalue weighted by atomic mass is 9.93. The molecule has 1 aliphatic heterocycles. The molecule has 1 amide bonds. The first-order chi connectivity index (χ1) is 14.2. The van der Waals surface area contributed by atoms with Gasteiger partial charge in [0.2, 0.25) is 5.95 Å². The van der Waals surface area contributed by atoms with E-state index in [1.807, 2.05) is 58.2 Å². The van der Waals surface area contributed by atoms with Gasteiger partial charge >= 0.3 is 6.09 Å². The fraction of sp³-hybridized carbons (Fsp3) is 0.522. The average molecular weight is 413 g/mol. The van der Waals surface area contributed by atoms with Crippen molar-refractivity contribution in [3.63, 3.8) is 0 Å². The second-order valence-electron chi connectivity index (χ2n) is 8.86. The molecule has 2 unspecified atom stereocenters. The van der Waals surface area contributed by atoms with Crippen LogP contribution in [0.15, 0.2) is 42.7 Å². The summed E-state index contributed by atoms with van der Waals surface area (Å²) in [6.45, 7) is 9.85. The van der Waals surface area contributed by atoms with Crippen LogP contribution in [0.2, 0.25) is 0 Å². The Morgan fingerprint density at radius 2 is 1.87 bits per heavy atom. The lowest BCUT2D eigenvalue weighted by Gasteiger charge is -2.41. The van der Waals surface area contributed by atoms with E-state index in [1.165, 1.54) is 0 Å². The molecule has 0 spiro atoms. The zero-order valence-electron chi connectivity index (χ0n) is 18.5. The van der Waals surface area contributed by atoms with Crippen LogP contribution in [0.1, 0.15) is 39.7 Å². The molecule has 1 fully saturated rings. The topological polar surface area (TPSA) is 67.8 Å². The van der Waals surface area contributed by atoms with Crippen LogP contribution in [0.4, 0.5) is 10.7 Å². The Balaban J connectivity index is 1.54. The maximum absolute atomic E-state index is 12.4. The van der Waals surface area contributed by atoms with E-state index in [-0.39, 0.29) is 18.1 Å². The number of carbonyl (C=O) groups is 1. The Morgan fingerprint density at radius 3 is 2.47 bits per heavy atom. The highest BCUT2D eigenvalue weighted by atomic mass is 16.6. The second-order valence-corrected chi connectivity index (χ2v) is 8.86. The predicted molar refractivity (Wildman–Crippen MR) is 117 cm³/mol. The first kappa shape index (κ1) is 21.9. The number of hydrogen-bond acceptors (Lipinski definition) is 6. The van der Waals surface area contributed by atoms with Crippen molar-refractivity contribution < 1.29 is 14.3 Å². The Kier molecular flexibility index (Phi) is 6.80. The van der Waals surface area contributed by atoms with Gasteiger partial charge < -0.3 is 19.3 Å². The maximum Gasteiger partial charge on any atom is 0.410 e. The zero-order chi connectivity index (χ0) is 21.7. The molecule has 0 aliphatic carbocycles. The molecule has 1 aliphatic rings. The van der Waals surface area contributed by atoms with Gasteiger partial charge in [-0.25, -0.2) is 14.8 Å². The third kappa shape index (κ3) is 5.84. The van der Waals surface area contributed by atoms with Gasteiger partial charge in [0.15, 0.2) is 5.75 Å². The number of hydrogen-bond donors (Lipinski definition) is 0. The van der Waals surface area contributed by atoms with E-state index in [4.69, 9.17) is 9.47 Å². The highest BCUT2D eigenvalue weighted by Crippen LogP contribution is 2.25. The van der Waals surface area contributed by atoms with Crippen LogP contribution in [-0.2, 0) is 11.3 Å². The fourth-order valence-electron chi connectivity index (χ4n) is 3.65. The van der Waals surface area contributed by atoms with Crippen LogP contribution < -0.4 is 9.64 Å². The first-order valence-electron chi connectivity index (χ1n) is 10.4. The highest BCUT2D eigenvalue weighted by molar-refractivity contribution is 5.68. The number of anilines is 1. The minimum absolute atomic E-state index is 0.129. The lowest BCUT2D eigenvalue weighted by Crippen LogP contribution is -2.52. The standard InChI is InChI=1S/C23H32N4O3/c1-17-15-27(12-11-20(17)26(5)22(28)30-23(2,3)4)21-24-13-19(14-25-21)29-16-18-9-7-6-8-10-18/h6-10,13-14,17,20H,11-12,15-16H2,1-5H3. The van der Waals surface area contributed by atoms with Crippen molar-refractivity contribution in [2.75, 3.05) is 25.0 Å². The molecule has 3 rings (SSSR count). The highest BCUT2D eigenvalue weighted by Gasteiger charge is 2.33. The van der Waals surface area contributed by atoms with Crippen molar-refractivity contribution in [2.24, 2.45) is 5.92 Å². The molecule has 2 heterocycles. The van der Waals surface area contributed by atoms with Crippen molar-refractivity contribution >= 4 is 12.0 Å². The summed E-state index contributed by atoms with van der Waals surface area (Å²) >= 11 is 0. The van der Waals surface area contributed by atoms with Gasteiger partial charge in [-0.3, -0.25) is 0 Å². The van der Waals surface area contributed by atoms with Crippen molar-refractivity contribution in [1.29, 1.82) is 0 Å². The zero-order valence-corrected chi connectivity index (χ0v) is 18.5. The van der Waals surface area contributed by atoms with Crippen LogP contribution in [0.25, 0.3) is 0 Å². The van der Waals surface area contributed by atoms with Gasteiger partial charge in [0.05, 0.1) is 12.4 Å². The number of rotatable bonds is 5. The van der Waals surface area contributed by atoms with Gasteiger partial charge in [0.1, 0.15) is 12.2 Å². The van der Waals surface area contributed by atoms with Crippen LogP contribution in [0, 0.1) is 5.92 Å². The third-order valence-corrected chi connectivity index (χ3v) is 5.18. The molecule has 7 heteroatoms. The molecule has 0 N–H and O–H groups in total. The van der Waals surface area contributed by atoms with Crippen molar-refractivity contribution in [2.45, 2.75) is 52.4 Å². The number of carbonyl (C=O) groups excluding carboxylic acids is 1. The van der Waals surface area contributed by atoms with Crippen molar-refractivity contribution in [3.05, 3.63) is 48.3 Å². The molecule has 0 saturated carbocycles. The van der Waals surface area contributed by atoms with Crippen molar-refractivity contribution in [3.8, 4) is 5.75 Å². The quantitative estimate of drug-likeness (QED) is 0.735. The third-order valence-electron chi connectivity index (χ3n) is 5.18. The number of nitrogens with zero attached hydrogens (tertiary/aromatic N) is 4. The summed E-state index contributed by atoms with van der Waals surface area (Å²) in [5, 5.41) is 0. The van der Waals surface area contributed by atoms with Crippen LogP contribution in [0.5, 0.6) is 5.75 Å². The lowest BCUT2D eigenvalue weighted by molar-refractivity contribution is 0.0150. The smallest absolute Gasteiger partial charge is 0.410 e. The molecule has 1 saturated heterocycles. The molecule has 30 heavy (non-hydrogen) atoms. The SMILES string of the molecule is CC1CN(c2ncc(OCc3ccccc3)cn2)CCC1N(C)C(=O)OC(C)(C)C. The Bertz CT molecular complexity index is 821. The molecule has 162 valence electrons. The number of amides is 1. The van der Waals surface area contributed by atoms with E-state index >= 15 is 0 Å². The molecular formula is C23H32N4O3. The van der Waals surface area contributed by atoms with E-state index in [0.29, 0.717) is 18.3 Å². The van der Waals surface area contributed by atoms with E-state index < -0.39 is 5.60 Å². The minimum atomic E-state index is -0.493. The first-order valence-corrected chi connectivity index (χ1v) is 10.4. The van der Waals surface area contributed by atoms with Gasteiger partial charge in [-0.15, -0.1) is 0 Å². The number of piperidine rings is 1. The molecule has 0 bridgehead atoms. The van der Waals surface area contributed by atoms with Gasteiger partial charge in [-0.1, -0.05) is 37.3 Å². The van der Waals surface area contributed by atoms with Gasteiger partial charge in [-0.2, -0.15) is 0 Å². The summed E-state index contributed by atoms with van der Waals surface area (Å²) in [7, 11) is 1.82. The normalized spacial score (nSPS) is 19.3. The molecular weight excluding hydrogens is 380 g/mol. The number of aromatic nitrogens is 2. The molecule has 1 aromatic heterocycles. The Morgan fingerprint density at radius 1 is 1.20 bits per heavy atom. The largest absolute Gasteiger partial charge is 0.486 e. The molecule has 1 aromatic carbocycles. The summed E-state index contributed by atoms with van der Waals surface area (Å²) in [6.07, 6.45) is 4.00. The Hall–Kier alpha value is -2.83. The summed E-state index contributed by atoms with van der Waals surface area (Å²) in [5.41, 5.74) is 0.611. The van der Waals surface area contributed by atoms with Gasteiger partial charge in [-0.05, 0) is 38.7 Å². The van der Waals surface area contributed by atoms with E-state index in [0.717, 1.165) is 25.1 Å². The second kappa shape index (κ2) is 9.32. The van der Waals surface area contributed by atoms with E-state index in [9.17, 15) is 4.79 Å². The summed E-state index contributed by atoms with van der Waals surface area (Å²) in [6, 6.07) is 10.1. The molecule has 0 radical (unpaired) electrons. The van der Waals surface area contributed by atoms with Gasteiger partial charge in [0.25, 0.3) is 0 Å². The predicted octanol–water partition coefficient (Wildman–Crippen LogP) is 4.14. The Labute approximate surface area is 179 Å². The van der Waals surface area contributed by atoms with Crippen LogP contribution >= 0.6 is 0 Å². The fourth-order valence-corrected chi connectivity index (χ4v) is 3.65. The van der Waals surface area contributed by atoms with Crippen molar-refractivity contribution in [1.82, 2.24) is 14.9 Å². The van der Waals surface area contributed by atoms with Crippen LogP contribution in [-0.4, -0.2) is 52.7 Å². The summed E-state index contributed by atoms with van der Waals surface area (Å²) in [5.74, 6) is 1.61. The number of benzene rings is 1. The van der Waals surface area contributed by atoms with E-state index in [1.54, 1.807) is 17.3 Å². The molecule has 2 aromatic rings. The van der Waals surface area contributed by atoms with E-state index in [2.05, 4.69) is 21.8 Å². The molecule has 2 atom stereocenters. The molecule has 7 nitrogen and oxygen atoms in total.